The lowest BCUT2D eigenvalue weighted by molar-refractivity contribution is -0.122. The molecule has 0 unspecified atom stereocenters. The van der Waals surface area contributed by atoms with E-state index in [9.17, 15) is 4.79 Å². The van der Waals surface area contributed by atoms with Crippen LogP contribution in [0.25, 0.3) is 6.08 Å². The Kier molecular flexibility index (Phi) is 6.17. The number of nitrogens with zero attached hydrogens (tertiary/aromatic N) is 1. The SMILES string of the molecule is COCCCN1C(=O)C(=CC=Cc2ccccc2)SC1=S. The number of thiocarbonyl (C=S) groups is 1. The second-order valence-corrected chi connectivity index (χ2v) is 6.15. The zero-order valence-electron chi connectivity index (χ0n) is 11.8. The van der Waals surface area contributed by atoms with E-state index in [-0.39, 0.29) is 5.91 Å². The molecular formula is C16H17NO2S2. The van der Waals surface area contributed by atoms with Gasteiger partial charge in [-0.15, -0.1) is 0 Å². The van der Waals surface area contributed by atoms with E-state index in [0.29, 0.717) is 22.4 Å². The van der Waals surface area contributed by atoms with Gasteiger partial charge in [0, 0.05) is 20.3 Å². The van der Waals surface area contributed by atoms with Crippen molar-refractivity contribution in [2.45, 2.75) is 6.42 Å². The number of amides is 1. The Morgan fingerprint density at radius 1 is 1.33 bits per heavy atom. The fourth-order valence-electron chi connectivity index (χ4n) is 1.88. The Hall–Kier alpha value is -1.43. The number of carbonyl (C=O) groups excluding carboxylic acids is 1. The van der Waals surface area contributed by atoms with E-state index in [0.717, 1.165) is 12.0 Å². The van der Waals surface area contributed by atoms with E-state index < -0.39 is 0 Å². The predicted molar refractivity (Wildman–Crippen MR) is 92.0 cm³/mol. The first kappa shape index (κ1) is 15.9. The summed E-state index contributed by atoms with van der Waals surface area (Å²) in [6.07, 6.45) is 6.47. The lowest BCUT2D eigenvalue weighted by atomic mass is 10.2. The number of methoxy groups -OCH3 is 1. The van der Waals surface area contributed by atoms with Crippen LogP contribution < -0.4 is 0 Å². The summed E-state index contributed by atoms with van der Waals surface area (Å²) in [6, 6.07) is 9.97. The van der Waals surface area contributed by atoms with Crippen LogP contribution in [0, 0.1) is 0 Å². The second kappa shape index (κ2) is 8.12. The fraction of sp³-hybridized carbons (Fsp3) is 0.250. The van der Waals surface area contributed by atoms with Gasteiger partial charge < -0.3 is 4.74 Å². The van der Waals surface area contributed by atoms with Crippen LogP contribution in [0.4, 0.5) is 0 Å². The first-order chi connectivity index (χ1) is 10.2. The van der Waals surface area contributed by atoms with Gasteiger partial charge in [0.05, 0.1) is 4.91 Å². The third kappa shape index (κ3) is 4.52. The van der Waals surface area contributed by atoms with Crippen LogP contribution in [0.1, 0.15) is 12.0 Å². The number of allylic oxidation sites excluding steroid dienone is 2. The van der Waals surface area contributed by atoms with Gasteiger partial charge in [0.2, 0.25) is 0 Å². The number of benzene rings is 1. The lowest BCUT2D eigenvalue weighted by Gasteiger charge is -2.13. The molecule has 3 nitrogen and oxygen atoms in total. The molecule has 1 heterocycles. The molecule has 110 valence electrons. The van der Waals surface area contributed by atoms with Gasteiger partial charge in [-0.3, -0.25) is 9.69 Å². The highest BCUT2D eigenvalue weighted by Crippen LogP contribution is 2.31. The molecule has 21 heavy (non-hydrogen) atoms. The van der Waals surface area contributed by atoms with Crippen molar-refractivity contribution >= 4 is 40.3 Å². The molecule has 0 spiro atoms. The third-order valence-corrected chi connectivity index (χ3v) is 4.34. The number of hydrogen-bond donors (Lipinski definition) is 0. The van der Waals surface area contributed by atoms with E-state index in [1.165, 1.54) is 11.8 Å². The summed E-state index contributed by atoms with van der Waals surface area (Å²) in [5.74, 6) is -0.0150. The summed E-state index contributed by atoms with van der Waals surface area (Å²) in [5, 5.41) is 0. The van der Waals surface area contributed by atoms with Crippen LogP contribution in [0.2, 0.25) is 0 Å². The summed E-state index contributed by atoms with van der Waals surface area (Å²) in [6.45, 7) is 1.24. The highest BCUT2D eigenvalue weighted by Gasteiger charge is 2.30. The topological polar surface area (TPSA) is 29.5 Å². The van der Waals surface area contributed by atoms with E-state index in [1.54, 1.807) is 12.0 Å². The summed E-state index contributed by atoms with van der Waals surface area (Å²) in [5.41, 5.74) is 1.10. The largest absolute Gasteiger partial charge is 0.385 e. The second-order valence-electron chi connectivity index (χ2n) is 4.47. The third-order valence-electron chi connectivity index (χ3n) is 2.94. The minimum atomic E-state index is -0.0150. The van der Waals surface area contributed by atoms with Crippen molar-refractivity contribution in [2.24, 2.45) is 0 Å². The average molecular weight is 319 g/mol. The van der Waals surface area contributed by atoms with Crippen LogP contribution in [-0.4, -0.2) is 35.4 Å². The number of hydrogen-bond acceptors (Lipinski definition) is 4. The van der Waals surface area contributed by atoms with Crippen molar-refractivity contribution in [3.63, 3.8) is 0 Å². The lowest BCUT2D eigenvalue weighted by Crippen LogP contribution is -2.29. The number of carbonyl (C=O) groups is 1. The molecule has 0 N–H and O–H groups in total. The monoisotopic (exact) mass is 319 g/mol. The van der Waals surface area contributed by atoms with Gasteiger partial charge in [-0.2, -0.15) is 0 Å². The van der Waals surface area contributed by atoms with Crippen molar-refractivity contribution in [3.8, 4) is 0 Å². The zero-order chi connectivity index (χ0) is 15.1. The highest BCUT2D eigenvalue weighted by atomic mass is 32.2. The number of rotatable bonds is 6. The Balaban J connectivity index is 1.98. The fourth-order valence-corrected chi connectivity index (χ4v) is 3.14. The minimum Gasteiger partial charge on any atom is -0.385 e. The van der Waals surface area contributed by atoms with Crippen molar-refractivity contribution in [3.05, 3.63) is 53.0 Å². The van der Waals surface area contributed by atoms with Crippen molar-refractivity contribution in [1.82, 2.24) is 4.90 Å². The van der Waals surface area contributed by atoms with Gasteiger partial charge in [-0.1, -0.05) is 66.5 Å². The molecule has 1 aliphatic heterocycles. The maximum absolute atomic E-state index is 12.2. The summed E-state index contributed by atoms with van der Waals surface area (Å²) in [4.78, 5) is 14.5. The molecule has 1 amide bonds. The van der Waals surface area contributed by atoms with E-state index in [2.05, 4.69) is 0 Å². The molecule has 0 atom stereocenters. The maximum Gasteiger partial charge on any atom is 0.266 e. The van der Waals surface area contributed by atoms with Crippen molar-refractivity contribution in [1.29, 1.82) is 0 Å². The first-order valence-electron chi connectivity index (χ1n) is 6.68. The Morgan fingerprint density at radius 2 is 2.10 bits per heavy atom. The molecule has 1 aliphatic rings. The molecule has 1 aromatic rings. The first-order valence-corrected chi connectivity index (χ1v) is 7.91. The average Bonchev–Trinajstić information content (AvgIpc) is 2.76. The standard InChI is InChI=1S/C16H17NO2S2/c1-19-12-6-11-17-15(18)14(21-16(17)20)10-5-9-13-7-3-2-4-8-13/h2-5,7-10H,6,11-12H2,1H3. The molecule has 0 aromatic heterocycles. The summed E-state index contributed by atoms with van der Waals surface area (Å²) >= 11 is 6.60. The molecule has 0 aliphatic carbocycles. The maximum atomic E-state index is 12.2. The highest BCUT2D eigenvalue weighted by molar-refractivity contribution is 8.26. The molecule has 2 rings (SSSR count). The summed E-state index contributed by atoms with van der Waals surface area (Å²) < 4.78 is 5.62. The summed E-state index contributed by atoms with van der Waals surface area (Å²) in [7, 11) is 1.65. The van der Waals surface area contributed by atoms with Crippen LogP contribution >= 0.6 is 24.0 Å². The Bertz CT molecular complexity index is 567. The minimum absolute atomic E-state index is 0.0150. The predicted octanol–water partition coefficient (Wildman–Crippen LogP) is 3.48. The Labute approximate surface area is 134 Å². The van der Waals surface area contributed by atoms with Crippen LogP contribution in [0.3, 0.4) is 0 Å². The van der Waals surface area contributed by atoms with Gasteiger partial charge in [0.25, 0.3) is 5.91 Å². The van der Waals surface area contributed by atoms with Crippen molar-refractivity contribution < 1.29 is 9.53 Å². The van der Waals surface area contributed by atoms with Gasteiger partial charge in [0.15, 0.2) is 0 Å². The Morgan fingerprint density at radius 3 is 2.81 bits per heavy atom. The van der Waals surface area contributed by atoms with E-state index in [1.807, 2.05) is 48.6 Å². The van der Waals surface area contributed by atoms with Gasteiger partial charge in [-0.25, -0.2) is 0 Å². The molecule has 1 fully saturated rings. The quantitative estimate of drug-likeness (QED) is 0.456. The molecule has 1 aromatic carbocycles. The van der Waals surface area contributed by atoms with E-state index >= 15 is 0 Å². The van der Waals surface area contributed by atoms with E-state index in [4.69, 9.17) is 17.0 Å². The molecule has 0 bridgehead atoms. The smallest absolute Gasteiger partial charge is 0.266 e. The zero-order valence-corrected chi connectivity index (χ0v) is 13.5. The number of thioether (sulfide) groups is 1. The van der Waals surface area contributed by atoms with Crippen molar-refractivity contribution in [2.75, 3.05) is 20.3 Å². The van der Waals surface area contributed by atoms with Gasteiger partial charge in [-0.05, 0) is 18.1 Å². The van der Waals surface area contributed by atoms with Crippen LogP contribution in [0.15, 0.2) is 47.4 Å². The molecule has 0 radical (unpaired) electrons. The molecular weight excluding hydrogens is 302 g/mol. The van der Waals surface area contributed by atoms with Crippen LogP contribution in [0.5, 0.6) is 0 Å². The molecule has 1 saturated heterocycles. The van der Waals surface area contributed by atoms with Crippen LogP contribution in [-0.2, 0) is 9.53 Å². The number of ether oxygens (including phenoxy) is 1. The molecule has 5 heteroatoms. The van der Waals surface area contributed by atoms with Gasteiger partial charge in [0.1, 0.15) is 4.32 Å². The molecule has 0 saturated carbocycles. The van der Waals surface area contributed by atoms with Gasteiger partial charge >= 0.3 is 0 Å². The normalized spacial score (nSPS) is 17.4.